The molecule has 0 saturated heterocycles. The van der Waals surface area contributed by atoms with Gasteiger partial charge in [-0.3, -0.25) is 19.4 Å². The van der Waals surface area contributed by atoms with E-state index in [1.54, 1.807) is 36.5 Å². The Balaban J connectivity index is 1.74. The Bertz CT molecular complexity index is 1360. The number of fused-ring (bicyclic) bond motifs is 1. The van der Waals surface area contributed by atoms with Crippen LogP contribution in [0.5, 0.6) is 0 Å². The van der Waals surface area contributed by atoms with E-state index in [4.69, 9.17) is 16.3 Å². The molecule has 3 N–H and O–H groups in total. The van der Waals surface area contributed by atoms with E-state index in [-0.39, 0.29) is 36.4 Å². The van der Waals surface area contributed by atoms with Gasteiger partial charge >= 0.3 is 5.97 Å². The Morgan fingerprint density at radius 3 is 2.68 bits per heavy atom. The molecule has 0 radical (unpaired) electrons. The zero-order valence-corrected chi connectivity index (χ0v) is 20.5. The zero-order valence-electron chi connectivity index (χ0n) is 19.7. The van der Waals surface area contributed by atoms with E-state index in [2.05, 4.69) is 15.6 Å². The Morgan fingerprint density at radius 1 is 1.16 bits per heavy atom. The molecule has 0 saturated carbocycles. The second-order valence-electron chi connectivity index (χ2n) is 8.32. The van der Waals surface area contributed by atoms with Gasteiger partial charge in [0.1, 0.15) is 12.6 Å². The molecule has 2 aromatic carbocycles. The van der Waals surface area contributed by atoms with Crippen LogP contribution in [0.25, 0.3) is 0 Å². The number of aromatic nitrogens is 1. The first-order valence-electron chi connectivity index (χ1n) is 11.2. The number of carboxylic acid groups (broad SMARTS) is 1. The molecular formula is C26H23ClN4O6. The lowest BCUT2D eigenvalue weighted by molar-refractivity contribution is -0.121. The summed E-state index contributed by atoms with van der Waals surface area (Å²) in [4.78, 5) is 56.5. The molecule has 190 valence electrons. The molecule has 11 heteroatoms. The van der Waals surface area contributed by atoms with Crippen LogP contribution in [-0.2, 0) is 27.3 Å². The maximum absolute atomic E-state index is 13.7. The third kappa shape index (κ3) is 5.93. The Hall–Kier alpha value is -4.28. The van der Waals surface area contributed by atoms with Gasteiger partial charge in [0.05, 0.1) is 22.5 Å². The summed E-state index contributed by atoms with van der Waals surface area (Å²) in [6.45, 7) is -0.307. The van der Waals surface area contributed by atoms with Gasteiger partial charge in [-0.05, 0) is 48.0 Å². The van der Waals surface area contributed by atoms with Crippen LogP contribution in [0.3, 0.4) is 0 Å². The second kappa shape index (κ2) is 11.2. The summed E-state index contributed by atoms with van der Waals surface area (Å²) in [5, 5.41) is 15.2. The van der Waals surface area contributed by atoms with Crippen LogP contribution in [0.1, 0.15) is 32.0 Å². The van der Waals surface area contributed by atoms with Crippen molar-refractivity contribution in [2.45, 2.75) is 19.0 Å². The molecule has 1 unspecified atom stereocenters. The van der Waals surface area contributed by atoms with Crippen LogP contribution in [0.2, 0.25) is 5.02 Å². The summed E-state index contributed by atoms with van der Waals surface area (Å²) < 4.78 is 4.81. The molecule has 0 aliphatic carbocycles. The Labute approximate surface area is 217 Å². The lowest BCUT2D eigenvalue weighted by Gasteiger charge is -2.29. The third-order valence-electron chi connectivity index (χ3n) is 5.76. The van der Waals surface area contributed by atoms with Crippen molar-refractivity contribution in [2.24, 2.45) is 0 Å². The molecule has 37 heavy (non-hydrogen) atoms. The van der Waals surface area contributed by atoms with Gasteiger partial charge < -0.3 is 25.4 Å². The van der Waals surface area contributed by atoms with Crippen molar-refractivity contribution in [1.29, 1.82) is 0 Å². The summed E-state index contributed by atoms with van der Waals surface area (Å²) >= 11 is 6.10. The van der Waals surface area contributed by atoms with Gasteiger partial charge in [-0.1, -0.05) is 23.7 Å². The van der Waals surface area contributed by atoms with Crippen molar-refractivity contribution in [3.63, 3.8) is 0 Å². The second-order valence-corrected chi connectivity index (χ2v) is 8.76. The molecular weight excluding hydrogens is 500 g/mol. The molecule has 2 heterocycles. The highest BCUT2D eigenvalue weighted by Gasteiger charge is 2.36. The molecule has 4 rings (SSSR count). The van der Waals surface area contributed by atoms with Gasteiger partial charge in [0.25, 0.3) is 5.91 Å². The standard InChI is InChI=1S/C26H23ClN4O6/c1-37-14-23(32)29-20-10-15(5-7-19(20)26(35)36)13-31-22(12-17-4-2-3-9-28-17)24(33)30-21-11-16(27)6-8-18(21)25(31)34/h2-11,22H,12-14H2,1H3,(H,29,32)(H,30,33)(H,35,36). The van der Waals surface area contributed by atoms with E-state index in [1.165, 1.54) is 36.3 Å². The number of ether oxygens (including phenoxy) is 1. The SMILES string of the molecule is COCC(=O)Nc1cc(CN2C(=O)c3ccc(Cl)cc3NC(=O)C2Cc2ccccn2)ccc1C(=O)O. The number of benzene rings is 2. The number of methoxy groups -OCH3 is 1. The number of amides is 3. The predicted molar refractivity (Wildman–Crippen MR) is 136 cm³/mol. The molecule has 3 amide bonds. The minimum atomic E-state index is -1.23. The number of hydrogen-bond donors (Lipinski definition) is 3. The number of aromatic carboxylic acids is 1. The number of halogens is 1. The molecule has 10 nitrogen and oxygen atoms in total. The van der Waals surface area contributed by atoms with E-state index < -0.39 is 29.7 Å². The largest absolute Gasteiger partial charge is 0.478 e. The number of hydrogen-bond acceptors (Lipinski definition) is 6. The predicted octanol–water partition coefficient (Wildman–Crippen LogP) is 3.22. The first-order chi connectivity index (χ1) is 17.8. The van der Waals surface area contributed by atoms with Crippen molar-refractivity contribution >= 4 is 46.7 Å². The van der Waals surface area contributed by atoms with Crippen molar-refractivity contribution in [2.75, 3.05) is 24.4 Å². The van der Waals surface area contributed by atoms with Crippen LogP contribution < -0.4 is 10.6 Å². The fourth-order valence-electron chi connectivity index (χ4n) is 4.06. The summed E-state index contributed by atoms with van der Waals surface area (Å²) in [6, 6.07) is 13.3. The molecule has 1 aliphatic heterocycles. The fraction of sp³-hybridized carbons (Fsp3) is 0.192. The molecule has 0 fully saturated rings. The molecule has 1 atom stereocenters. The van der Waals surface area contributed by atoms with Crippen LogP contribution in [0, 0.1) is 0 Å². The number of nitrogens with zero attached hydrogens (tertiary/aromatic N) is 2. The lowest BCUT2D eigenvalue weighted by atomic mass is 10.0. The lowest BCUT2D eigenvalue weighted by Crippen LogP contribution is -2.46. The van der Waals surface area contributed by atoms with Gasteiger partial charge in [0.2, 0.25) is 11.8 Å². The molecule has 1 aliphatic rings. The summed E-state index contributed by atoms with van der Waals surface area (Å²) in [5.74, 6) is -2.61. The third-order valence-corrected chi connectivity index (χ3v) is 5.99. The highest BCUT2D eigenvalue weighted by atomic mass is 35.5. The topological polar surface area (TPSA) is 138 Å². The Morgan fingerprint density at radius 2 is 1.97 bits per heavy atom. The van der Waals surface area contributed by atoms with Crippen LogP contribution in [0.4, 0.5) is 11.4 Å². The number of anilines is 2. The van der Waals surface area contributed by atoms with Crippen molar-refractivity contribution in [3.05, 3.63) is 88.2 Å². The molecule has 3 aromatic rings. The van der Waals surface area contributed by atoms with Crippen LogP contribution >= 0.6 is 11.6 Å². The minimum absolute atomic E-state index is 0.0428. The maximum Gasteiger partial charge on any atom is 0.337 e. The van der Waals surface area contributed by atoms with Crippen molar-refractivity contribution in [3.8, 4) is 0 Å². The zero-order chi connectivity index (χ0) is 26.5. The highest BCUT2D eigenvalue weighted by molar-refractivity contribution is 6.31. The van der Waals surface area contributed by atoms with Crippen LogP contribution in [-0.4, -0.2) is 58.4 Å². The van der Waals surface area contributed by atoms with Gasteiger partial charge in [-0.15, -0.1) is 0 Å². The molecule has 0 spiro atoms. The van der Waals surface area contributed by atoms with Gasteiger partial charge in [0, 0.05) is 37.0 Å². The quantitative estimate of drug-likeness (QED) is 0.413. The number of carbonyl (C=O) groups excluding carboxylic acids is 3. The first-order valence-corrected chi connectivity index (χ1v) is 11.6. The molecule has 0 bridgehead atoms. The highest BCUT2D eigenvalue weighted by Crippen LogP contribution is 2.29. The summed E-state index contributed by atoms with van der Waals surface area (Å²) in [7, 11) is 1.34. The minimum Gasteiger partial charge on any atom is -0.478 e. The number of nitrogens with one attached hydrogen (secondary N) is 2. The Kier molecular flexibility index (Phi) is 7.80. The van der Waals surface area contributed by atoms with E-state index in [9.17, 15) is 24.3 Å². The van der Waals surface area contributed by atoms with Gasteiger partial charge in [-0.2, -0.15) is 0 Å². The first kappa shape index (κ1) is 25.8. The monoisotopic (exact) mass is 522 g/mol. The van der Waals surface area contributed by atoms with Gasteiger partial charge in [0.15, 0.2) is 0 Å². The normalized spacial score (nSPS) is 15.0. The van der Waals surface area contributed by atoms with E-state index in [0.29, 0.717) is 22.0 Å². The van der Waals surface area contributed by atoms with E-state index >= 15 is 0 Å². The van der Waals surface area contributed by atoms with Crippen molar-refractivity contribution < 1.29 is 29.0 Å². The maximum atomic E-state index is 13.7. The average molecular weight is 523 g/mol. The van der Waals surface area contributed by atoms with E-state index in [0.717, 1.165) is 0 Å². The molecule has 1 aromatic heterocycles. The number of pyridine rings is 1. The van der Waals surface area contributed by atoms with Gasteiger partial charge in [-0.25, -0.2) is 4.79 Å². The average Bonchev–Trinajstić information content (AvgIpc) is 2.94. The van der Waals surface area contributed by atoms with E-state index in [1.807, 2.05) is 0 Å². The van der Waals surface area contributed by atoms with Crippen LogP contribution in [0.15, 0.2) is 60.8 Å². The summed E-state index contributed by atoms with van der Waals surface area (Å²) in [6.07, 6.45) is 1.75. The number of carboxylic acids is 1. The number of rotatable bonds is 8. The van der Waals surface area contributed by atoms with Crippen molar-refractivity contribution in [1.82, 2.24) is 9.88 Å². The fourth-order valence-corrected chi connectivity index (χ4v) is 4.23. The number of carbonyl (C=O) groups is 4. The smallest absolute Gasteiger partial charge is 0.337 e. The summed E-state index contributed by atoms with van der Waals surface area (Å²) in [5.41, 5.74) is 1.59.